The fraction of sp³-hybridized carbons (Fsp3) is 0.263. The molecule has 132 valence electrons. The van der Waals surface area contributed by atoms with Gasteiger partial charge in [-0.2, -0.15) is 0 Å². The van der Waals surface area contributed by atoms with Crippen molar-refractivity contribution in [2.75, 3.05) is 18.9 Å². The maximum absolute atomic E-state index is 12.0. The molecule has 1 unspecified atom stereocenters. The summed E-state index contributed by atoms with van der Waals surface area (Å²) >= 11 is 0. The van der Waals surface area contributed by atoms with Gasteiger partial charge in [0.1, 0.15) is 5.75 Å². The lowest BCUT2D eigenvalue weighted by Crippen LogP contribution is -2.32. The second-order valence-corrected chi connectivity index (χ2v) is 7.07. The number of carbonyl (C=O) groups excluding carboxylic acids is 2. The molecule has 2 aromatic carbocycles. The van der Waals surface area contributed by atoms with Crippen molar-refractivity contribution in [1.82, 2.24) is 5.32 Å². The summed E-state index contributed by atoms with van der Waals surface area (Å²) in [5.74, 6) is 0.988. The highest BCUT2D eigenvalue weighted by Gasteiger charge is 2.06. The zero-order valence-corrected chi connectivity index (χ0v) is 14.9. The van der Waals surface area contributed by atoms with Gasteiger partial charge in [0, 0.05) is 34.4 Å². The van der Waals surface area contributed by atoms with Crippen molar-refractivity contribution in [3.63, 3.8) is 0 Å². The summed E-state index contributed by atoms with van der Waals surface area (Å²) in [7, 11) is -1.03. The van der Waals surface area contributed by atoms with Gasteiger partial charge >= 0.3 is 0 Å². The van der Waals surface area contributed by atoms with Gasteiger partial charge in [-0.15, -0.1) is 0 Å². The third kappa shape index (κ3) is 6.89. The first kappa shape index (κ1) is 18.9. The molecule has 0 radical (unpaired) electrons. The Balaban J connectivity index is 1.68. The average molecular weight is 359 g/mol. The molecule has 0 saturated heterocycles. The molecule has 1 amide bonds. The Bertz CT molecular complexity index is 746. The molecule has 0 aliphatic carbocycles. The Morgan fingerprint density at radius 2 is 1.84 bits per heavy atom. The van der Waals surface area contributed by atoms with Crippen LogP contribution in [0, 0.1) is 0 Å². The minimum atomic E-state index is -1.03. The van der Waals surface area contributed by atoms with E-state index < -0.39 is 10.8 Å². The van der Waals surface area contributed by atoms with E-state index >= 15 is 0 Å². The van der Waals surface area contributed by atoms with Crippen LogP contribution in [0.1, 0.15) is 22.8 Å². The minimum Gasteiger partial charge on any atom is -0.484 e. The normalized spacial score (nSPS) is 11.6. The van der Waals surface area contributed by atoms with E-state index in [4.69, 9.17) is 4.74 Å². The van der Waals surface area contributed by atoms with Gasteiger partial charge in [0.15, 0.2) is 12.4 Å². The van der Waals surface area contributed by atoms with E-state index in [1.165, 1.54) is 6.92 Å². The highest BCUT2D eigenvalue weighted by Crippen LogP contribution is 2.13. The molecular formula is C19H21NO4S. The van der Waals surface area contributed by atoms with Gasteiger partial charge < -0.3 is 10.1 Å². The molecule has 6 heteroatoms. The second-order valence-electron chi connectivity index (χ2n) is 5.50. The number of Topliss-reactive ketones (excluding diaryl/α,β-unsaturated/α-hetero) is 1. The van der Waals surface area contributed by atoms with Crippen LogP contribution in [0.15, 0.2) is 54.6 Å². The number of hydrogen-bond acceptors (Lipinski definition) is 4. The third-order valence-electron chi connectivity index (χ3n) is 3.43. The van der Waals surface area contributed by atoms with Crippen LogP contribution in [0.3, 0.4) is 0 Å². The quantitative estimate of drug-likeness (QED) is 0.698. The summed E-state index contributed by atoms with van der Waals surface area (Å²) in [6, 6.07) is 16.3. The molecule has 1 N–H and O–H groups in total. The summed E-state index contributed by atoms with van der Waals surface area (Å²) in [4.78, 5) is 23.1. The largest absolute Gasteiger partial charge is 0.484 e. The van der Waals surface area contributed by atoms with Crippen LogP contribution in [-0.4, -0.2) is 34.8 Å². The van der Waals surface area contributed by atoms with Crippen LogP contribution in [0.4, 0.5) is 0 Å². The van der Waals surface area contributed by atoms with Crippen LogP contribution in [0.25, 0.3) is 0 Å². The van der Waals surface area contributed by atoms with Crippen molar-refractivity contribution < 1.29 is 18.5 Å². The molecule has 0 aliphatic rings. The lowest BCUT2D eigenvalue weighted by molar-refractivity contribution is -0.122. The fourth-order valence-corrected chi connectivity index (χ4v) is 3.18. The van der Waals surface area contributed by atoms with Crippen molar-refractivity contribution in [3.05, 3.63) is 65.7 Å². The van der Waals surface area contributed by atoms with Gasteiger partial charge in [-0.3, -0.25) is 13.8 Å². The molecule has 0 aliphatic heterocycles. The predicted molar refractivity (Wildman–Crippen MR) is 98.1 cm³/mol. The first-order chi connectivity index (χ1) is 12.0. The predicted octanol–water partition coefficient (Wildman–Crippen LogP) is 2.33. The summed E-state index contributed by atoms with van der Waals surface area (Å²) in [6.45, 7) is 1.66. The van der Waals surface area contributed by atoms with E-state index in [0.717, 1.165) is 5.56 Å². The lowest BCUT2D eigenvalue weighted by atomic mass is 10.1. The standard InChI is InChI=1S/C19H21NO4S/c1-15(21)17-8-5-9-18(12-17)24-13-19(22)20-10-11-25(23)14-16-6-3-2-4-7-16/h2-9,12H,10-11,13-14H2,1H3,(H,20,22). The van der Waals surface area contributed by atoms with Gasteiger partial charge in [0.25, 0.3) is 5.91 Å². The highest BCUT2D eigenvalue weighted by atomic mass is 32.2. The Kier molecular flexibility index (Phi) is 7.35. The molecule has 25 heavy (non-hydrogen) atoms. The maximum Gasteiger partial charge on any atom is 0.257 e. The van der Waals surface area contributed by atoms with Gasteiger partial charge in [-0.05, 0) is 24.6 Å². The van der Waals surface area contributed by atoms with Gasteiger partial charge in [0.2, 0.25) is 0 Å². The smallest absolute Gasteiger partial charge is 0.257 e. The minimum absolute atomic E-state index is 0.0594. The van der Waals surface area contributed by atoms with E-state index in [1.54, 1.807) is 24.3 Å². The lowest BCUT2D eigenvalue weighted by Gasteiger charge is -2.08. The summed E-state index contributed by atoms with van der Waals surface area (Å²) < 4.78 is 17.3. The number of rotatable bonds is 9. The molecule has 2 rings (SSSR count). The average Bonchev–Trinajstić information content (AvgIpc) is 2.61. The molecule has 1 atom stereocenters. The number of amides is 1. The first-order valence-electron chi connectivity index (χ1n) is 7.94. The highest BCUT2D eigenvalue weighted by molar-refractivity contribution is 7.84. The second kappa shape index (κ2) is 9.74. The van der Waals surface area contributed by atoms with E-state index in [-0.39, 0.29) is 18.3 Å². The van der Waals surface area contributed by atoms with Crippen LogP contribution >= 0.6 is 0 Å². The van der Waals surface area contributed by atoms with Crippen molar-refractivity contribution in [3.8, 4) is 5.75 Å². The van der Waals surface area contributed by atoms with E-state index in [1.807, 2.05) is 30.3 Å². The first-order valence-corrected chi connectivity index (χ1v) is 9.43. The summed E-state index contributed by atoms with van der Waals surface area (Å²) in [6.07, 6.45) is 0. The van der Waals surface area contributed by atoms with Crippen molar-refractivity contribution >= 4 is 22.5 Å². The van der Waals surface area contributed by atoms with E-state index in [2.05, 4.69) is 5.32 Å². The molecule has 0 spiro atoms. The molecule has 0 bridgehead atoms. The topological polar surface area (TPSA) is 72.5 Å². The number of hydrogen-bond donors (Lipinski definition) is 1. The SMILES string of the molecule is CC(=O)c1cccc(OCC(=O)NCCS(=O)Cc2ccccc2)c1. The Morgan fingerprint density at radius 3 is 2.56 bits per heavy atom. The number of ether oxygens (including phenoxy) is 1. The molecular weight excluding hydrogens is 338 g/mol. The van der Waals surface area contributed by atoms with Gasteiger partial charge in [-0.25, -0.2) is 0 Å². The third-order valence-corrected chi connectivity index (χ3v) is 4.75. The van der Waals surface area contributed by atoms with E-state index in [9.17, 15) is 13.8 Å². The molecule has 0 saturated carbocycles. The molecule has 0 fully saturated rings. The number of ketones is 1. The summed E-state index contributed by atoms with van der Waals surface area (Å²) in [5, 5.41) is 2.68. The monoisotopic (exact) mass is 359 g/mol. The molecule has 0 heterocycles. The fourth-order valence-electron chi connectivity index (χ4n) is 2.14. The van der Waals surface area contributed by atoms with Gasteiger partial charge in [0.05, 0.1) is 0 Å². The van der Waals surface area contributed by atoms with Gasteiger partial charge in [-0.1, -0.05) is 42.5 Å². The molecule has 5 nitrogen and oxygen atoms in total. The summed E-state index contributed by atoms with van der Waals surface area (Å²) in [5.41, 5.74) is 1.55. The van der Waals surface area contributed by atoms with Crippen molar-refractivity contribution in [1.29, 1.82) is 0 Å². The zero-order chi connectivity index (χ0) is 18.1. The number of benzene rings is 2. The molecule has 2 aromatic rings. The number of carbonyl (C=O) groups is 2. The molecule has 0 aromatic heterocycles. The Morgan fingerprint density at radius 1 is 1.08 bits per heavy atom. The maximum atomic E-state index is 12.0. The van der Waals surface area contributed by atoms with Crippen molar-refractivity contribution in [2.24, 2.45) is 0 Å². The Hall–Kier alpha value is -2.47. The number of nitrogens with one attached hydrogen (secondary N) is 1. The zero-order valence-electron chi connectivity index (χ0n) is 14.1. The van der Waals surface area contributed by atoms with Crippen molar-refractivity contribution in [2.45, 2.75) is 12.7 Å². The van der Waals surface area contributed by atoms with E-state index in [0.29, 0.717) is 29.4 Å². The Labute approximate surface area is 149 Å². The van der Waals surface area contributed by atoms with Crippen LogP contribution in [0.5, 0.6) is 5.75 Å². The van der Waals surface area contributed by atoms with Crippen LogP contribution in [0.2, 0.25) is 0 Å². The van der Waals surface area contributed by atoms with Crippen LogP contribution in [-0.2, 0) is 21.3 Å². The van der Waals surface area contributed by atoms with Crippen LogP contribution < -0.4 is 10.1 Å².